The Morgan fingerprint density at radius 2 is 0.500 bits per heavy atom. The van der Waals surface area contributed by atoms with E-state index in [0.717, 1.165) is 32.1 Å². The van der Waals surface area contributed by atoms with Crippen molar-refractivity contribution in [2.75, 3.05) is 0 Å². The van der Waals surface area contributed by atoms with Crippen molar-refractivity contribution >= 4 is 0 Å². The molecular weight excluding hydrogens is 845 g/mol. The van der Waals surface area contributed by atoms with Crippen molar-refractivity contribution in [1.29, 1.82) is 0 Å². The van der Waals surface area contributed by atoms with Crippen LogP contribution in [-0.2, 0) is 21.7 Å². The molecule has 0 saturated heterocycles. The first-order valence-electron chi connectivity index (χ1n) is 22.2. The summed E-state index contributed by atoms with van der Waals surface area (Å²) in [6.07, 6.45) is 5.13. The number of phenols is 1. The average molecular weight is 996 g/mol. The van der Waals surface area contributed by atoms with Gasteiger partial charge in [0, 0.05) is 0 Å². The van der Waals surface area contributed by atoms with Gasteiger partial charge in [-0.15, -0.1) is 0 Å². The summed E-state index contributed by atoms with van der Waals surface area (Å²) in [5.41, 5.74) is 5.26. The van der Waals surface area contributed by atoms with E-state index in [-0.39, 0.29) is 138 Å². The molecule has 0 heterocycles. The smallest absolute Gasteiger partial charge is 0.115 e. The third-order valence-electron chi connectivity index (χ3n) is 10.00. The second kappa shape index (κ2) is 63.7. The maximum Gasteiger partial charge on any atom is 0.115 e. The maximum absolute atomic E-state index is 10.5. The summed E-state index contributed by atoms with van der Waals surface area (Å²) in [6.45, 7) is 43.3. The molecule has 0 aliphatic carbocycles. The zero-order valence-corrected chi connectivity index (χ0v) is 40.0. The van der Waals surface area contributed by atoms with Gasteiger partial charge >= 0.3 is 0 Å². The second-order valence-electron chi connectivity index (χ2n) is 15.5. The monoisotopic (exact) mass is 995 g/mol. The van der Waals surface area contributed by atoms with Crippen molar-refractivity contribution in [2.24, 2.45) is 5.41 Å². The van der Waals surface area contributed by atoms with Gasteiger partial charge in [0.1, 0.15) is 5.75 Å². The molecule has 4 rings (SSSR count). The molecule has 1 N–H and O–H groups in total. The third kappa shape index (κ3) is 39.3. The molecule has 4 aromatic carbocycles. The Morgan fingerprint density at radius 1 is 0.286 bits per heavy atom. The molecule has 0 amide bonds. The summed E-state index contributed by atoms with van der Waals surface area (Å²) in [6, 6.07) is 41.6. The van der Waals surface area contributed by atoms with Crippen molar-refractivity contribution < 1.29 is 5.11 Å². The van der Waals surface area contributed by atoms with Gasteiger partial charge in [0.05, 0.1) is 0 Å². The van der Waals surface area contributed by atoms with E-state index in [1.807, 2.05) is 95.2 Å². The summed E-state index contributed by atoms with van der Waals surface area (Å²) in [5, 5.41) is 10.5. The van der Waals surface area contributed by atoms with Crippen LogP contribution in [0.1, 0.15) is 304 Å². The standard InChI is InChI=1S/C42H54O.6C2H6.15CH4/c1-9-39(5,36-26-19-27-37(43)28-36)30-41(7,34-22-15-11-16-23-34)32-42(8,35-24-17-12-18-25-35)31-40(6,29-38(2,3)4)33-20-13-10-14-21-33;6*1-2;;;;;;;;;;;;;;;/h10-28,43H,9,29-32H2,1-8H3;6*1-2H3;15*1H4. The molecule has 1 heteroatoms. The van der Waals surface area contributed by atoms with Crippen LogP contribution in [0.3, 0.4) is 0 Å². The summed E-state index contributed by atoms with van der Waals surface area (Å²) in [7, 11) is 0. The van der Waals surface area contributed by atoms with Crippen molar-refractivity contribution in [2.45, 2.75) is 304 Å². The lowest BCUT2D eigenvalue weighted by molar-refractivity contribution is 0.170. The Labute approximate surface area is 455 Å². The van der Waals surface area contributed by atoms with Gasteiger partial charge < -0.3 is 5.11 Å². The number of benzene rings is 4. The Morgan fingerprint density at radius 3 is 0.714 bits per heavy atom. The number of rotatable bonds is 12. The summed E-state index contributed by atoms with van der Waals surface area (Å²) in [4.78, 5) is 0. The van der Waals surface area contributed by atoms with Crippen LogP contribution in [0.5, 0.6) is 5.75 Å². The molecular formula is C69H150O. The van der Waals surface area contributed by atoms with Crippen molar-refractivity contribution in [3.05, 3.63) is 138 Å². The predicted molar refractivity (Wildman–Crippen MR) is 354 cm³/mol. The van der Waals surface area contributed by atoms with Crippen LogP contribution in [0, 0.1) is 5.41 Å². The average Bonchev–Trinajstić information content (AvgIpc) is 3.22. The molecule has 0 radical (unpaired) electrons. The molecule has 0 aromatic heterocycles. The Kier molecular flexibility index (Phi) is 110. The minimum atomic E-state index is -0.124. The lowest BCUT2D eigenvalue weighted by atomic mass is 9.55. The fourth-order valence-corrected chi connectivity index (χ4v) is 8.39. The molecule has 0 saturated carbocycles. The van der Waals surface area contributed by atoms with E-state index in [4.69, 9.17) is 0 Å². The molecule has 432 valence electrons. The molecule has 1 nitrogen and oxygen atoms in total. The van der Waals surface area contributed by atoms with E-state index in [1.54, 1.807) is 6.07 Å². The lowest BCUT2D eigenvalue weighted by Gasteiger charge is -2.49. The van der Waals surface area contributed by atoms with Crippen LogP contribution in [0.25, 0.3) is 0 Å². The minimum Gasteiger partial charge on any atom is -0.508 e. The molecule has 0 spiro atoms. The molecule has 0 bridgehead atoms. The van der Waals surface area contributed by atoms with Gasteiger partial charge in [0.15, 0.2) is 0 Å². The predicted octanol–water partition coefficient (Wildman–Crippen LogP) is 27.2. The highest BCUT2D eigenvalue weighted by Crippen LogP contribution is 2.53. The van der Waals surface area contributed by atoms with E-state index in [9.17, 15) is 5.11 Å². The second-order valence-corrected chi connectivity index (χ2v) is 15.5. The van der Waals surface area contributed by atoms with E-state index in [0.29, 0.717) is 5.75 Å². The number of aromatic hydroxyl groups is 1. The van der Waals surface area contributed by atoms with E-state index >= 15 is 0 Å². The first-order chi connectivity index (χ1) is 26.2. The van der Waals surface area contributed by atoms with Crippen molar-refractivity contribution in [3.63, 3.8) is 0 Å². The van der Waals surface area contributed by atoms with Crippen LogP contribution >= 0.6 is 0 Å². The van der Waals surface area contributed by atoms with Gasteiger partial charge in [-0.1, -0.05) is 353 Å². The van der Waals surface area contributed by atoms with Crippen LogP contribution in [0.15, 0.2) is 115 Å². The van der Waals surface area contributed by atoms with Crippen LogP contribution in [0.2, 0.25) is 0 Å². The fourth-order valence-electron chi connectivity index (χ4n) is 8.39. The van der Waals surface area contributed by atoms with Crippen molar-refractivity contribution in [3.8, 4) is 5.75 Å². The first kappa shape index (κ1) is 121. The summed E-state index contributed by atoms with van der Waals surface area (Å²) in [5.74, 6) is 0.341. The van der Waals surface area contributed by atoms with Gasteiger partial charge in [-0.25, -0.2) is 0 Å². The fraction of sp³-hybridized carbons (Fsp3) is 0.652. The summed E-state index contributed by atoms with van der Waals surface area (Å²) >= 11 is 0. The maximum atomic E-state index is 10.5. The zero-order chi connectivity index (χ0) is 43.4. The molecule has 70 heavy (non-hydrogen) atoms. The van der Waals surface area contributed by atoms with Crippen LogP contribution < -0.4 is 0 Å². The number of hydrogen-bond donors (Lipinski definition) is 1. The highest BCUT2D eigenvalue weighted by molar-refractivity contribution is 5.37. The van der Waals surface area contributed by atoms with Crippen LogP contribution in [-0.4, -0.2) is 5.11 Å². The van der Waals surface area contributed by atoms with Crippen LogP contribution in [0.4, 0.5) is 0 Å². The van der Waals surface area contributed by atoms with E-state index < -0.39 is 0 Å². The topological polar surface area (TPSA) is 20.2 Å². The van der Waals surface area contributed by atoms with Gasteiger partial charge in [0.2, 0.25) is 0 Å². The Hall–Kier alpha value is -3.32. The molecule has 4 unspecified atom stereocenters. The Bertz CT molecular complexity index is 1440. The highest BCUT2D eigenvalue weighted by atomic mass is 16.3. The molecule has 0 aliphatic rings. The van der Waals surface area contributed by atoms with Gasteiger partial charge in [-0.2, -0.15) is 0 Å². The molecule has 4 aromatic rings. The number of hydrogen-bond acceptors (Lipinski definition) is 1. The van der Waals surface area contributed by atoms with Gasteiger partial charge in [0.25, 0.3) is 0 Å². The highest BCUT2D eigenvalue weighted by Gasteiger charge is 2.46. The largest absolute Gasteiger partial charge is 0.508 e. The number of phenolic OH excluding ortho intramolecular Hbond substituents is 1. The SMILES string of the molecule is C.C.C.C.C.C.C.C.C.C.C.C.C.C.C.CC.CC.CC.CC.CC.CC.CCC(C)(CC(C)(CC(C)(CC(C)(CC(C)(C)C)c1ccccc1)c1ccccc1)c1ccccc1)c1cccc(O)c1. The molecule has 4 atom stereocenters. The van der Waals surface area contributed by atoms with Gasteiger partial charge in [-0.05, 0) is 93.6 Å². The van der Waals surface area contributed by atoms with Crippen molar-refractivity contribution in [1.82, 2.24) is 0 Å². The Balaban J connectivity index is -0.0000000582. The summed E-state index contributed by atoms with van der Waals surface area (Å²) < 4.78 is 0. The minimum absolute atomic E-state index is 0. The zero-order valence-electron chi connectivity index (χ0n) is 40.0. The quantitative estimate of drug-likeness (QED) is 0.150. The molecule has 0 fully saturated rings. The normalized spacial score (nSPS) is 11.4. The lowest BCUT2D eigenvalue weighted by Crippen LogP contribution is -2.43. The van der Waals surface area contributed by atoms with E-state index in [1.165, 1.54) is 22.3 Å². The molecule has 0 aliphatic heterocycles. The first-order valence-corrected chi connectivity index (χ1v) is 22.2. The third-order valence-corrected chi connectivity index (χ3v) is 10.00. The van der Waals surface area contributed by atoms with Gasteiger partial charge in [-0.3, -0.25) is 0 Å². The van der Waals surface area contributed by atoms with E-state index in [2.05, 4.69) is 152 Å².